The minimum Gasteiger partial charge on any atom is -0.339 e. The second kappa shape index (κ2) is 5.79. The average molecular weight is 323 g/mol. The van der Waals surface area contributed by atoms with Crippen molar-refractivity contribution >= 4 is 15.9 Å². The molecule has 0 radical (unpaired) electrons. The maximum atomic E-state index is 5.33. The third-order valence-corrected chi connectivity index (χ3v) is 4.00. The lowest BCUT2D eigenvalue weighted by Crippen LogP contribution is -2.28. The SMILES string of the molecule is Brc1cccnc1-c1noc(CC2CCNCC2)n1. The molecule has 5 nitrogen and oxygen atoms in total. The van der Waals surface area contributed by atoms with E-state index in [0.29, 0.717) is 17.6 Å². The first-order valence-electron chi connectivity index (χ1n) is 6.47. The second-order valence-corrected chi connectivity index (χ2v) is 5.60. The van der Waals surface area contributed by atoms with E-state index < -0.39 is 0 Å². The highest BCUT2D eigenvalue weighted by atomic mass is 79.9. The summed E-state index contributed by atoms with van der Waals surface area (Å²) in [5.74, 6) is 1.90. The van der Waals surface area contributed by atoms with E-state index in [1.54, 1.807) is 6.20 Å². The number of pyridine rings is 1. The molecule has 0 unspecified atom stereocenters. The Morgan fingerprint density at radius 2 is 2.21 bits per heavy atom. The highest BCUT2D eigenvalue weighted by Crippen LogP contribution is 2.24. The van der Waals surface area contributed by atoms with Gasteiger partial charge < -0.3 is 9.84 Å². The fraction of sp³-hybridized carbons (Fsp3) is 0.462. The molecule has 0 spiro atoms. The summed E-state index contributed by atoms with van der Waals surface area (Å²) in [7, 11) is 0. The lowest BCUT2D eigenvalue weighted by atomic mass is 9.95. The summed E-state index contributed by atoms with van der Waals surface area (Å²) in [4.78, 5) is 8.71. The van der Waals surface area contributed by atoms with E-state index in [4.69, 9.17) is 4.52 Å². The van der Waals surface area contributed by atoms with E-state index in [0.717, 1.165) is 29.7 Å². The predicted octanol–water partition coefficient (Wildman–Crippen LogP) is 2.44. The van der Waals surface area contributed by atoms with Gasteiger partial charge >= 0.3 is 0 Å². The third kappa shape index (κ3) is 3.01. The van der Waals surface area contributed by atoms with Crippen molar-refractivity contribution in [2.24, 2.45) is 5.92 Å². The Morgan fingerprint density at radius 3 is 3.00 bits per heavy atom. The van der Waals surface area contributed by atoms with Crippen molar-refractivity contribution in [3.63, 3.8) is 0 Å². The van der Waals surface area contributed by atoms with Crippen LogP contribution in [0.2, 0.25) is 0 Å². The Labute approximate surface area is 119 Å². The molecule has 1 saturated heterocycles. The topological polar surface area (TPSA) is 63.8 Å². The number of halogens is 1. The first-order chi connectivity index (χ1) is 9.33. The van der Waals surface area contributed by atoms with E-state index in [2.05, 4.69) is 36.4 Å². The lowest BCUT2D eigenvalue weighted by Gasteiger charge is -2.20. The highest BCUT2D eigenvalue weighted by Gasteiger charge is 2.18. The molecule has 19 heavy (non-hydrogen) atoms. The molecule has 0 saturated carbocycles. The largest absolute Gasteiger partial charge is 0.339 e. The second-order valence-electron chi connectivity index (χ2n) is 4.74. The van der Waals surface area contributed by atoms with Crippen molar-refractivity contribution in [3.05, 3.63) is 28.7 Å². The van der Waals surface area contributed by atoms with Gasteiger partial charge in [0.25, 0.3) is 0 Å². The van der Waals surface area contributed by atoms with E-state index >= 15 is 0 Å². The fourth-order valence-corrected chi connectivity index (χ4v) is 2.75. The summed E-state index contributed by atoms with van der Waals surface area (Å²) >= 11 is 3.45. The predicted molar refractivity (Wildman–Crippen MR) is 74.5 cm³/mol. The molecule has 2 aromatic rings. The molecule has 0 atom stereocenters. The standard InChI is InChI=1S/C13H15BrN4O/c14-10-2-1-5-16-12(10)13-17-11(19-18-13)8-9-3-6-15-7-4-9/h1-2,5,9,15H,3-4,6-8H2. The van der Waals surface area contributed by atoms with Crippen LogP contribution >= 0.6 is 15.9 Å². The number of aromatic nitrogens is 3. The number of piperidine rings is 1. The summed E-state index contributed by atoms with van der Waals surface area (Å²) in [5.41, 5.74) is 0.725. The van der Waals surface area contributed by atoms with Crippen LogP contribution < -0.4 is 5.32 Å². The summed E-state index contributed by atoms with van der Waals surface area (Å²) in [6.07, 6.45) is 4.93. The molecule has 0 bridgehead atoms. The van der Waals surface area contributed by atoms with E-state index in [1.165, 1.54) is 12.8 Å². The Bertz CT molecular complexity index is 551. The van der Waals surface area contributed by atoms with Crippen molar-refractivity contribution in [3.8, 4) is 11.5 Å². The van der Waals surface area contributed by atoms with Crippen LogP contribution in [-0.2, 0) is 6.42 Å². The molecule has 1 aliphatic rings. The lowest BCUT2D eigenvalue weighted by molar-refractivity contribution is 0.313. The molecule has 0 aromatic carbocycles. The summed E-state index contributed by atoms with van der Waals surface area (Å²) in [5, 5.41) is 7.37. The van der Waals surface area contributed by atoms with Crippen LogP contribution in [0.5, 0.6) is 0 Å². The molecule has 1 aliphatic heterocycles. The van der Waals surface area contributed by atoms with Crippen molar-refractivity contribution in [2.75, 3.05) is 13.1 Å². The van der Waals surface area contributed by atoms with Gasteiger partial charge in [-0.2, -0.15) is 4.98 Å². The number of hydrogen-bond acceptors (Lipinski definition) is 5. The fourth-order valence-electron chi connectivity index (χ4n) is 2.32. The molecule has 1 fully saturated rings. The molecule has 0 aliphatic carbocycles. The molecule has 100 valence electrons. The molecule has 1 N–H and O–H groups in total. The van der Waals surface area contributed by atoms with Crippen LogP contribution in [0.3, 0.4) is 0 Å². The maximum absolute atomic E-state index is 5.33. The Morgan fingerprint density at radius 1 is 1.37 bits per heavy atom. The molecule has 3 rings (SSSR count). The number of nitrogens with one attached hydrogen (secondary N) is 1. The third-order valence-electron chi connectivity index (χ3n) is 3.36. The van der Waals surface area contributed by atoms with Crippen molar-refractivity contribution in [2.45, 2.75) is 19.3 Å². The smallest absolute Gasteiger partial charge is 0.227 e. The minimum absolute atomic E-state index is 0.552. The number of hydrogen-bond donors (Lipinski definition) is 1. The van der Waals surface area contributed by atoms with E-state index in [9.17, 15) is 0 Å². The number of nitrogens with zero attached hydrogens (tertiary/aromatic N) is 3. The zero-order valence-electron chi connectivity index (χ0n) is 10.5. The normalized spacial score (nSPS) is 16.7. The first kappa shape index (κ1) is 12.7. The Hall–Kier alpha value is -1.27. The van der Waals surface area contributed by atoms with E-state index in [1.807, 2.05) is 12.1 Å². The van der Waals surface area contributed by atoms with Gasteiger partial charge in [0.1, 0.15) is 5.69 Å². The first-order valence-corrected chi connectivity index (χ1v) is 7.26. The summed E-state index contributed by atoms with van der Waals surface area (Å²) in [6, 6.07) is 3.79. The van der Waals surface area contributed by atoms with Gasteiger partial charge in [-0.1, -0.05) is 5.16 Å². The Balaban J connectivity index is 1.74. The van der Waals surface area contributed by atoms with Gasteiger partial charge in [-0.15, -0.1) is 0 Å². The van der Waals surface area contributed by atoms with Crippen LogP contribution in [0.1, 0.15) is 18.7 Å². The van der Waals surface area contributed by atoms with Gasteiger partial charge in [-0.25, -0.2) is 0 Å². The molecule has 0 amide bonds. The van der Waals surface area contributed by atoms with Gasteiger partial charge in [-0.3, -0.25) is 4.98 Å². The quantitative estimate of drug-likeness (QED) is 0.940. The maximum Gasteiger partial charge on any atom is 0.227 e. The molecule has 2 aromatic heterocycles. The van der Waals surface area contributed by atoms with Crippen molar-refractivity contribution < 1.29 is 4.52 Å². The number of rotatable bonds is 3. The monoisotopic (exact) mass is 322 g/mol. The minimum atomic E-state index is 0.552. The van der Waals surface area contributed by atoms with Gasteiger partial charge in [0, 0.05) is 17.1 Å². The van der Waals surface area contributed by atoms with Crippen molar-refractivity contribution in [1.29, 1.82) is 0 Å². The van der Waals surface area contributed by atoms with Crippen LogP contribution in [0.15, 0.2) is 27.3 Å². The molecule has 6 heteroatoms. The average Bonchev–Trinajstić information content (AvgIpc) is 2.89. The van der Waals surface area contributed by atoms with Gasteiger partial charge in [0.2, 0.25) is 11.7 Å². The molecular formula is C13H15BrN4O. The molecular weight excluding hydrogens is 308 g/mol. The molecule has 3 heterocycles. The zero-order valence-corrected chi connectivity index (χ0v) is 12.1. The van der Waals surface area contributed by atoms with Gasteiger partial charge in [0.05, 0.1) is 0 Å². The van der Waals surface area contributed by atoms with Crippen LogP contribution in [0.4, 0.5) is 0 Å². The van der Waals surface area contributed by atoms with Gasteiger partial charge in [0.15, 0.2) is 0 Å². The zero-order chi connectivity index (χ0) is 13.1. The van der Waals surface area contributed by atoms with Crippen LogP contribution in [-0.4, -0.2) is 28.2 Å². The Kier molecular flexibility index (Phi) is 3.89. The van der Waals surface area contributed by atoms with E-state index in [-0.39, 0.29) is 0 Å². The summed E-state index contributed by atoms with van der Waals surface area (Å²) < 4.78 is 6.21. The summed E-state index contributed by atoms with van der Waals surface area (Å²) in [6.45, 7) is 2.16. The highest BCUT2D eigenvalue weighted by molar-refractivity contribution is 9.10. The van der Waals surface area contributed by atoms with Crippen LogP contribution in [0, 0.1) is 5.92 Å². The van der Waals surface area contributed by atoms with Crippen LogP contribution in [0.25, 0.3) is 11.5 Å². The van der Waals surface area contributed by atoms with Crippen molar-refractivity contribution in [1.82, 2.24) is 20.4 Å². The van der Waals surface area contributed by atoms with Gasteiger partial charge in [-0.05, 0) is 59.9 Å².